The maximum absolute atomic E-state index is 13.9. The van der Waals surface area contributed by atoms with Gasteiger partial charge < -0.3 is 10.0 Å². The highest BCUT2D eigenvalue weighted by Crippen LogP contribution is 2.35. The number of nitrogens with zero attached hydrogens (tertiary/aromatic N) is 1. The van der Waals surface area contributed by atoms with Crippen LogP contribution in [0.3, 0.4) is 0 Å². The van der Waals surface area contributed by atoms with Crippen molar-refractivity contribution >= 4 is 5.91 Å². The Morgan fingerprint density at radius 3 is 2.65 bits per heavy atom. The van der Waals surface area contributed by atoms with E-state index in [1.807, 2.05) is 0 Å². The third-order valence-electron chi connectivity index (χ3n) is 3.66. The summed E-state index contributed by atoms with van der Waals surface area (Å²) in [6.07, 6.45) is 0. The lowest BCUT2D eigenvalue weighted by atomic mass is 9.95. The highest BCUT2D eigenvalue weighted by molar-refractivity contribution is 6.02. The molecular formula is C16H14FNO2. The molecule has 1 amide bonds. The van der Waals surface area contributed by atoms with Crippen molar-refractivity contribution in [3.8, 4) is 16.9 Å². The number of benzene rings is 2. The van der Waals surface area contributed by atoms with Gasteiger partial charge in [-0.25, -0.2) is 4.39 Å². The van der Waals surface area contributed by atoms with Crippen LogP contribution in [-0.4, -0.2) is 23.0 Å². The van der Waals surface area contributed by atoms with Crippen LogP contribution in [0.25, 0.3) is 11.1 Å². The van der Waals surface area contributed by atoms with Gasteiger partial charge in [0, 0.05) is 19.2 Å². The Balaban J connectivity index is 2.35. The van der Waals surface area contributed by atoms with E-state index in [2.05, 4.69) is 0 Å². The predicted octanol–water partition coefficient (Wildman–Crippen LogP) is 3.09. The van der Waals surface area contributed by atoms with E-state index in [9.17, 15) is 14.3 Å². The first-order valence-corrected chi connectivity index (χ1v) is 6.35. The van der Waals surface area contributed by atoms with Crippen molar-refractivity contribution in [2.45, 2.75) is 13.5 Å². The maximum atomic E-state index is 13.9. The number of amides is 1. The minimum absolute atomic E-state index is 0.139. The molecule has 0 saturated heterocycles. The molecule has 0 fully saturated rings. The molecule has 3 nitrogen and oxygen atoms in total. The van der Waals surface area contributed by atoms with Crippen molar-refractivity contribution in [1.82, 2.24) is 4.90 Å². The van der Waals surface area contributed by atoms with E-state index in [-0.39, 0.29) is 17.5 Å². The Hall–Kier alpha value is -2.36. The lowest BCUT2D eigenvalue weighted by Gasteiger charge is -2.15. The minimum Gasteiger partial charge on any atom is -0.508 e. The number of hydrogen-bond acceptors (Lipinski definition) is 2. The van der Waals surface area contributed by atoms with E-state index < -0.39 is 0 Å². The van der Waals surface area contributed by atoms with E-state index in [1.165, 1.54) is 6.07 Å². The average molecular weight is 271 g/mol. The quantitative estimate of drug-likeness (QED) is 0.800. The Morgan fingerprint density at radius 2 is 1.90 bits per heavy atom. The van der Waals surface area contributed by atoms with Crippen LogP contribution in [-0.2, 0) is 6.54 Å². The van der Waals surface area contributed by atoms with Crippen LogP contribution in [0, 0.1) is 12.7 Å². The third-order valence-corrected chi connectivity index (χ3v) is 3.66. The van der Waals surface area contributed by atoms with E-state index in [4.69, 9.17) is 0 Å². The van der Waals surface area contributed by atoms with E-state index >= 15 is 0 Å². The van der Waals surface area contributed by atoms with Gasteiger partial charge in [-0.2, -0.15) is 0 Å². The molecule has 0 saturated carbocycles. The standard InChI is InChI=1S/C16H14FNO2/c1-9-5-14-13(7-15(9)17)12-4-3-11(19)6-10(12)8-18(2)16(14)20/h3-7,19H,8H2,1-2H3. The molecule has 0 radical (unpaired) electrons. The van der Waals surface area contributed by atoms with Gasteiger partial charge in [0.05, 0.1) is 0 Å². The largest absolute Gasteiger partial charge is 0.508 e. The van der Waals surface area contributed by atoms with E-state index in [0.717, 1.165) is 11.1 Å². The van der Waals surface area contributed by atoms with Gasteiger partial charge in [-0.05, 0) is 53.4 Å². The SMILES string of the molecule is Cc1cc2c(cc1F)-c1ccc(O)cc1CN(C)C2=O. The van der Waals surface area contributed by atoms with Crippen LogP contribution in [0.15, 0.2) is 30.3 Å². The molecule has 1 aliphatic heterocycles. The first kappa shape index (κ1) is 12.7. The molecule has 3 rings (SSSR count). The van der Waals surface area contributed by atoms with Gasteiger partial charge in [0.2, 0.25) is 0 Å². The molecule has 1 N–H and O–H groups in total. The Labute approximate surface area is 116 Å². The summed E-state index contributed by atoms with van der Waals surface area (Å²) >= 11 is 0. The van der Waals surface area contributed by atoms with Gasteiger partial charge in [-0.1, -0.05) is 6.07 Å². The Kier molecular flexibility index (Phi) is 2.74. The number of aromatic hydroxyl groups is 1. The Morgan fingerprint density at radius 1 is 1.15 bits per heavy atom. The van der Waals surface area contributed by atoms with Crippen LogP contribution in [0.4, 0.5) is 4.39 Å². The zero-order chi connectivity index (χ0) is 14.4. The molecule has 0 aromatic heterocycles. The predicted molar refractivity (Wildman–Crippen MR) is 74.0 cm³/mol. The van der Waals surface area contributed by atoms with Gasteiger partial charge in [0.1, 0.15) is 11.6 Å². The molecule has 4 heteroatoms. The number of aryl methyl sites for hydroxylation is 1. The number of hydrogen-bond donors (Lipinski definition) is 1. The summed E-state index contributed by atoms with van der Waals surface area (Å²) in [4.78, 5) is 14.0. The van der Waals surface area contributed by atoms with Crippen LogP contribution in [0.2, 0.25) is 0 Å². The molecule has 2 aromatic rings. The normalized spacial score (nSPS) is 13.8. The summed E-state index contributed by atoms with van der Waals surface area (Å²) in [5, 5.41) is 9.60. The second-order valence-electron chi connectivity index (χ2n) is 5.15. The molecule has 0 aliphatic carbocycles. The molecule has 20 heavy (non-hydrogen) atoms. The molecular weight excluding hydrogens is 257 g/mol. The summed E-state index contributed by atoms with van der Waals surface area (Å²) in [7, 11) is 1.70. The average Bonchev–Trinajstić information content (AvgIpc) is 2.49. The summed E-state index contributed by atoms with van der Waals surface area (Å²) in [5.41, 5.74) is 3.12. The van der Waals surface area contributed by atoms with Crippen molar-refractivity contribution in [3.63, 3.8) is 0 Å². The molecule has 1 heterocycles. The van der Waals surface area contributed by atoms with Crippen molar-refractivity contribution in [2.75, 3.05) is 7.05 Å². The van der Waals surface area contributed by atoms with Gasteiger partial charge >= 0.3 is 0 Å². The molecule has 0 spiro atoms. The van der Waals surface area contributed by atoms with Crippen LogP contribution in [0.1, 0.15) is 21.5 Å². The van der Waals surface area contributed by atoms with Crippen LogP contribution >= 0.6 is 0 Å². The number of halogens is 1. The number of carbonyl (C=O) groups is 1. The summed E-state index contributed by atoms with van der Waals surface area (Å²) in [6.45, 7) is 2.03. The highest BCUT2D eigenvalue weighted by Gasteiger charge is 2.25. The minimum atomic E-state index is -0.333. The summed E-state index contributed by atoms with van der Waals surface area (Å²) in [5.74, 6) is -0.334. The zero-order valence-corrected chi connectivity index (χ0v) is 11.3. The lowest BCUT2D eigenvalue weighted by Crippen LogP contribution is -2.25. The second kappa shape index (κ2) is 4.34. The molecule has 0 unspecified atom stereocenters. The van der Waals surface area contributed by atoms with Crippen molar-refractivity contribution in [1.29, 1.82) is 0 Å². The summed E-state index contributed by atoms with van der Waals surface area (Å²) in [6, 6.07) is 7.88. The van der Waals surface area contributed by atoms with Crippen LogP contribution < -0.4 is 0 Å². The van der Waals surface area contributed by atoms with Gasteiger partial charge in [-0.15, -0.1) is 0 Å². The fourth-order valence-electron chi connectivity index (χ4n) is 2.59. The second-order valence-corrected chi connectivity index (χ2v) is 5.15. The monoisotopic (exact) mass is 271 g/mol. The molecule has 102 valence electrons. The highest BCUT2D eigenvalue weighted by atomic mass is 19.1. The molecule has 0 bridgehead atoms. The number of phenols is 1. The third kappa shape index (κ3) is 1.84. The van der Waals surface area contributed by atoms with Gasteiger partial charge in [-0.3, -0.25) is 4.79 Å². The van der Waals surface area contributed by atoms with E-state index in [1.54, 1.807) is 43.1 Å². The van der Waals surface area contributed by atoms with Crippen LogP contribution in [0.5, 0.6) is 5.75 Å². The first-order valence-electron chi connectivity index (χ1n) is 6.35. The molecule has 1 aliphatic rings. The van der Waals surface area contributed by atoms with Crippen molar-refractivity contribution in [2.24, 2.45) is 0 Å². The molecule has 0 atom stereocenters. The van der Waals surface area contributed by atoms with Gasteiger partial charge in [0.25, 0.3) is 5.91 Å². The van der Waals surface area contributed by atoms with Crippen molar-refractivity contribution in [3.05, 3.63) is 52.8 Å². The number of phenolic OH excluding ortho intramolecular Hbond substituents is 1. The smallest absolute Gasteiger partial charge is 0.254 e. The first-order chi connectivity index (χ1) is 9.47. The lowest BCUT2D eigenvalue weighted by molar-refractivity contribution is 0.0788. The van der Waals surface area contributed by atoms with Crippen molar-refractivity contribution < 1.29 is 14.3 Å². The molecule has 2 aromatic carbocycles. The zero-order valence-electron chi connectivity index (χ0n) is 11.3. The number of carbonyl (C=O) groups excluding carboxylic acids is 1. The van der Waals surface area contributed by atoms with Gasteiger partial charge in [0.15, 0.2) is 0 Å². The fraction of sp³-hybridized carbons (Fsp3) is 0.188. The number of rotatable bonds is 0. The fourth-order valence-corrected chi connectivity index (χ4v) is 2.59. The Bertz CT molecular complexity index is 725. The van der Waals surface area contributed by atoms with E-state index in [0.29, 0.717) is 23.2 Å². The summed E-state index contributed by atoms with van der Waals surface area (Å²) < 4.78 is 13.9. The maximum Gasteiger partial charge on any atom is 0.254 e. The number of fused-ring (bicyclic) bond motifs is 3. The topological polar surface area (TPSA) is 40.5 Å².